The number of anilines is 1. The van der Waals surface area contributed by atoms with Gasteiger partial charge in [-0.25, -0.2) is 0 Å². The quantitative estimate of drug-likeness (QED) is 0.638. The van der Waals surface area contributed by atoms with E-state index in [0.29, 0.717) is 11.3 Å². The van der Waals surface area contributed by atoms with Crippen LogP contribution in [0.4, 0.5) is 11.4 Å². The van der Waals surface area contributed by atoms with Crippen molar-refractivity contribution in [1.29, 1.82) is 5.26 Å². The van der Waals surface area contributed by atoms with Gasteiger partial charge in [-0.2, -0.15) is 5.26 Å². The molecule has 5 nitrogen and oxygen atoms in total. The number of hydrogen-bond donors (Lipinski definition) is 0. The highest BCUT2D eigenvalue weighted by Gasteiger charge is 2.30. The van der Waals surface area contributed by atoms with Crippen molar-refractivity contribution in [2.75, 3.05) is 11.4 Å². The third kappa shape index (κ3) is 3.16. The molecule has 0 aliphatic carbocycles. The minimum Gasteiger partial charge on any atom is -0.363 e. The average Bonchev–Trinajstić information content (AvgIpc) is 3.03. The topological polar surface area (TPSA) is 70.2 Å². The Hall–Kier alpha value is -2.87. The van der Waals surface area contributed by atoms with Crippen molar-refractivity contribution in [1.82, 2.24) is 0 Å². The number of nitriles is 1. The summed E-state index contributed by atoms with van der Waals surface area (Å²) >= 11 is 0. The molecular weight excluding hydrogens is 290 g/mol. The summed E-state index contributed by atoms with van der Waals surface area (Å²) in [6.45, 7) is 0.810. The Bertz CT molecular complexity index is 753. The highest BCUT2D eigenvalue weighted by molar-refractivity contribution is 5.66. The molecule has 0 saturated carbocycles. The zero-order chi connectivity index (χ0) is 16.2. The summed E-state index contributed by atoms with van der Waals surface area (Å²) in [6.07, 6.45) is 2.92. The fourth-order valence-corrected chi connectivity index (χ4v) is 3.23. The highest BCUT2D eigenvalue weighted by atomic mass is 16.6. The molecule has 0 amide bonds. The van der Waals surface area contributed by atoms with Gasteiger partial charge in [0.05, 0.1) is 16.6 Å². The summed E-state index contributed by atoms with van der Waals surface area (Å²) in [5, 5.41) is 20.3. The number of nitro benzene ring substituents is 1. The van der Waals surface area contributed by atoms with Gasteiger partial charge in [0, 0.05) is 18.7 Å². The van der Waals surface area contributed by atoms with E-state index in [1.54, 1.807) is 12.1 Å². The van der Waals surface area contributed by atoms with Crippen LogP contribution < -0.4 is 4.90 Å². The van der Waals surface area contributed by atoms with Crippen molar-refractivity contribution in [3.8, 4) is 6.07 Å². The van der Waals surface area contributed by atoms with Crippen LogP contribution in [-0.4, -0.2) is 17.5 Å². The SMILES string of the molecule is N#Cc1ccc(N2CCCC2Cc2ccccc2)c([N+](=O)[O-])c1. The average molecular weight is 307 g/mol. The van der Waals surface area contributed by atoms with Crippen molar-refractivity contribution in [3.63, 3.8) is 0 Å². The molecule has 1 aliphatic rings. The Morgan fingerprint density at radius 3 is 2.74 bits per heavy atom. The molecule has 3 rings (SSSR count). The first-order valence-corrected chi connectivity index (χ1v) is 7.68. The minimum absolute atomic E-state index is 0.0176. The number of benzene rings is 2. The summed E-state index contributed by atoms with van der Waals surface area (Å²) in [6, 6.07) is 17.1. The van der Waals surface area contributed by atoms with Crippen LogP contribution in [0.25, 0.3) is 0 Å². The van der Waals surface area contributed by atoms with E-state index in [1.165, 1.54) is 11.6 Å². The van der Waals surface area contributed by atoms with E-state index in [1.807, 2.05) is 24.3 Å². The molecule has 1 fully saturated rings. The molecule has 0 aromatic heterocycles. The molecule has 5 heteroatoms. The van der Waals surface area contributed by atoms with E-state index in [2.05, 4.69) is 17.0 Å². The lowest BCUT2D eigenvalue weighted by atomic mass is 10.0. The maximum absolute atomic E-state index is 11.4. The van der Waals surface area contributed by atoms with Crippen LogP contribution in [0.3, 0.4) is 0 Å². The van der Waals surface area contributed by atoms with Crippen LogP contribution in [0.15, 0.2) is 48.5 Å². The van der Waals surface area contributed by atoms with Crippen LogP contribution in [0.5, 0.6) is 0 Å². The lowest BCUT2D eigenvalue weighted by Gasteiger charge is -2.26. The van der Waals surface area contributed by atoms with E-state index < -0.39 is 4.92 Å². The summed E-state index contributed by atoms with van der Waals surface area (Å²) in [4.78, 5) is 13.1. The Kier molecular flexibility index (Phi) is 4.24. The first-order chi connectivity index (χ1) is 11.2. The number of nitrogens with zero attached hydrogens (tertiary/aromatic N) is 3. The largest absolute Gasteiger partial charge is 0.363 e. The summed E-state index contributed by atoms with van der Waals surface area (Å²) < 4.78 is 0. The first kappa shape index (κ1) is 15.0. The molecule has 2 aromatic rings. The van der Waals surface area contributed by atoms with Gasteiger partial charge >= 0.3 is 0 Å². The predicted molar refractivity (Wildman–Crippen MR) is 88.3 cm³/mol. The van der Waals surface area contributed by atoms with Crippen molar-refractivity contribution in [2.45, 2.75) is 25.3 Å². The predicted octanol–water partition coefficient (Wildman–Crippen LogP) is 3.68. The fourth-order valence-electron chi connectivity index (χ4n) is 3.23. The second-order valence-corrected chi connectivity index (χ2v) is 5.75. The van der Waals surface area contributed by atoms with E-state index in [4.69, 9.17) is 5.26 Å². The summed E-state index contributed by atoms with van der Waals surface area (Å²) in [7, 11) is 0. The van der Waals surface area contributed by atoms with Crippen LogP contribution in [-0.2, 0) is 6.42 Å². The Morgan fingerprint density at radius 1 is 1.26 bits per heavy atom. The van der Waals surface area contributed by atoms with E-state index in [0.717, 1.165) is 25.8 Å². The smallest absolute Gasteiger partial charge is 0.293 e. The monoisotopic (exact) mass is 307 g/mol. The molecule has 1 saturated heterocycles. The standard InChI is InChI=1S/C18H17N3O2/c19-13-15-8-9-17(18(12-15)21(22)23)20-10-4-7-16(20)11-14-5-2-1-3-6-14/h1-3,5-6,8-9,12,16H,4,7,10-11H2. The maximum Gasteiger partial charge on any atom is 0.293 e. The molecular formula is C18H17N3O2. The lowest BCUT2D eigenvalue weighted by molar-refractivity contribution is -0.384. The third-order valence-electron chi connectivity index (χ3n) is 4.30. The zero-order valence-corrected chi connectivity index (χ0v) is 12.7. The van der Waals surface area contributed by atoms with E-state index >= 15 is 0 Å². The van der Waals surface area contributed by atoms with Crippen molar-refractivity contribution in [2.24, 2.45) is 0 Å². The van der Waals surface area contributed by atoms with E-state index in [9.17, 15) is 10.1 Å². The van der Waals surface area contributed by atoms with Crippen LogP contribution >= 0.6 is 0 Å². The first-order valence-electron chi connectivity index (χ1n) is 7.68. The molecule has 1 unspecified atom stereocenters. The van der Waals surface area contributed by atoms with Gasteiger partial charge in [0.2, 0.25) is 0 Å². The van der Waals surface area contributed by atoms with Crippen LogP contribution in [0.1, 0.15) is 24.0 Å². The van der Waals surface area contributed by atoms with Crippen molar-refractivity contribution in [3.05, 3.63) is 69.8 Å². The van der Waals surface area contributed by atoms with Gasteiger partial charge < -0.3 is 4.90 Å². The molecule has 1 heterocycles. The van der Waals surface area contributed by atoms with Gasteiger partial charge in [-0.3, -0.25) is 10.1 Å². The fraction of sp³-hybridized carbons (Fsp3) is 0.278. The summed E-state index contributed by atoms with van der Waals surface area (Å²) in [5.74, 6) is 0. The Morgan fingerprint density at radius 2 is 2.04 bits per heavy atom. The number of hydrogen-bond acceptors (Lipinski definition) is 4. The molecule has 0 N–H and O–H groups in total. The molecule has 1 atom stereocenters. The van der Waals surface area contributed by atoms with Gasteiger partial charge in [-0.15, -0.1) is 0 Å². The van der Waals surface area contributed by atoms with E-state index in [-0.39, 0.29) is 11.7 Å². The molecule has 23 heavy (non-hydrogen) atoms. The van der Waals surface area contributed by atoms with Gasteiger partial charge in [0.25, 0.3) is 5.69 Å². The maximum atomic E-state index is 11.4. The zero-order valence-electron chi connectivity index (χ0n) is 12.7. The second kappa shape index (κ2) is 6.49. The van der Waals surface area contributed by atoms with Crippen molar-refractivity contribution >= 4 is 11.4 Å². The second-order valence-electron chi connectivity index (χ2n) is 5.75. The molecule has 0 spiro atoms. The summed E-state index contributed by atoms with van der Waals surface area (Å²) in [5.41, 5.74) is 2.19. The Balaban J connectivity index is 1.91. The normalized spacial score (nSPS) is 17.0. The van der Waals surface area contributed by atoms with Gasteiger partial charge in [0.15, 0.2) is 0 Å². The molecule has 0 radical (unpaired) electrons. The van der Waals surface area contributed by atoms with Gasteiger partial charge in [-0.05, 0) is 37.0 Å². The molecule has 0 bridgehead atoms. The molecule has 116 valence electrons. The van der Waals surface area contributed by atoms with Gasteiger partial charge in [-0.1, -0.05) is 30.3 Å². The lowest BCUT2D eigenvalue weighted by Crippen LogP contribution is -2.31. The Labute approximate surface area is 134 Å². The van der Waals surface area contributed by atoms with Crippen LogP contribution in [0, 0.1) is 21.4 Å². The van der Waals surface area contributed by atoms with Gasteiger partial charge in [0.1, 0.15) is 5.69 Å². The highest BCUT2D eigenvalue weighted by Crippen LogP contribution is 2.35. The van der Waals surface area contributed by atoms with Crippen molar-refractivity contribution < 1.29 is 4.92 Å². The molecule has 1 aliphatic heterocycles. The minimum atomic E-state index is -0.395. The molecule has 2 aromatic carbocycles. The third-order valence-corrected chi connectivity index (χ3v) is 4.30. The number of rotatable bonds is 4. The number of nitro groups is 1. The van der Waals surface area contributed by atoms with Crippen LogP contribution in [0.2, 0.25) is 0 Å².